The average molecular weight is 238 g/mol. The van der Waals surface area contributed by atoms with Crippen LogP contribution in [0.5, 0.6) is 0 Å². The highest BCUT2D eigenvalue weighted by molar-refractivity contribution is 5.65. The zero-order valence-corrected chi connectivity index (χ0v) is 10.6. The predicted molar refractivity (Wildman–Crippen MR) is 63.2 cm³/mol. The Kier molecular flexibility index (Phi) is 2.89. The molecule has 0 amide bonds. The lowest BCUT2D eigenvalue weighted by Crippen LogP contribution is -2.48. The summed E-state index contributed by atoms with van der Waals surface area (Å²) in [5, 5.41) is 0. The molecule has 3 nitrogen and oxygen atoms in total. The summed E-state index contributed by atoms with van der Waals surface area (Å²) >= 11 is 0. The van der Waals surface area contributed by atoms with E-state index in [0.29, 0.717) is 5.41 Å². The second-order valence-corrected chi connectivity index (χ2v) is 6.52. The monoisotopic (exact) mass is 238 g/mol. The molecule has 0 aromatic rings. The van der Waals surface area contributed by atoms with E-state index in [0.717, 1.165) is 24.4 Å². The third-order valence-corrected chi connectivity index (χ3v) is 4.92. The Morgan fingerprint density at radius 3 is 2.12 bits per heavy atom. The van der Waals surface area contributed by atoms with Gasteiger partial charge in [-0.05, 0) is 61.7 Å². The highest BCUT2D eigenvalue weighted by atomic mass is 16.7. The van der Waals surface area contributed by atoms with Gasteiger partial charge in [-0.25, -0.2) is 0 Å². The van der Waals surface area contributed by atoms with Crippen LogP contribution in [0, 0.1) is 23.2 Å². The molecule has 4 aliphatic rings. The lowest BCUT2D eigenvalue weighted by atomic mass is 9.50. The van der Waals surface area contributed by atoms with Crippen LogP contribution in [0.2, 0.25) is 0 Å². The average Bonchev–Trinajstić information content (AvgIpc) is 2.22. The van der Waals surface area contributed by atoms with E-state index in [9.17, 15) is 4.79 Å². The Morgan fingerprint density at radius 2 is 1.65 bits per heavy atom. The first-order valence-electron chi connectivity index (χ1n) is 6.86. The first-order chi connectivity index (χ1) is 8.15. The van der Waals surface area contributed by atoms with Crippen molar-refractivity contribution in [3.63, 3.8) is 0 Å². The number of hydrogen-bond donors (Lipinski definition) is 0. The van der Waals surface area contributed by atoms with Crippen LogP contribution >= 0.6 is 0 Å². The van der Waals surface area contributed by atoms with Gasteiger partial charge in [0.1, 0.15) is 0 Å². The minimum atomic E-state index is -0.254. The van der Waals surface area contributed by atoms with Gasteiger partial charge in [-0.15, -0.1) is 0 Å². The summed E-state index contributed by atoms with van der Waals surface area (Å²) in [7, 11) is 0. The van der Waals surface area contributed by atoms with Gasteiger partial charge in [-0.1, -0.05) is 0 Å². The normalized spacial score (nSPS) is 42.8. The second-order valence-electron chi connectivity index (χ2n) is 6.52. The largest absolute Gasteiger partial charge is 0.439 e. The van der Waals surface area contributed by atoms with Crippen molar-refractivity contribution in [1.82, 2.24) is 0 Å². The maximum atomic E-state index is 10.7. The number of carbonyl (C=O) groups is 1. The first-order valence-corrected chi connectivity index (χ1v) is 6.86. The van der Waals surface area contributed by atoms with E-state index in [-0.39, 0.29) is 12.8 Å². The van der Waals surface area contributed by atoms with E-state index >= 15 is 0 Å². The Bertz CT molecular complexity index is 275. The van der Waals surface area contributed by atoms with Crippen LogP contribution in [-0.2, 0) is 14.3 Å². The zero-order valence-electron chi connectivity index (χ0n) is 10.6. The van der Waals surface area contributed by atoms with Gasteiger partial charge in [0.2, 0.25) is 0 Å². The molecule has 0 aromatic carbocycles. The number of esters is 1. The van der Waals surface area contributed by atoms with Crippen molar-refractivity contribution in [1.29, 1.82) is 0 Å². The molecule has 0 radical (unpaired) electrons. The van der Waals surface area contributed by atoms with Gasteiger partial charge >= 0.3 is 5.97 Å². The van der Waals surface area contributed by atoms with Crippen molar-refractivity contribution < 1.29 is 14.3 Å². The fraction of sp³-hybridized carbons (Fsp3) is 0.929. The summed E-state index contributed by atoms with van der Waals surface area (Å²) in [5.41, 5.74) is 0.425. The maximum Gasteiger partial charge on any atom is 0.304 e. The molecule has 0 N–H and O–H groups in total. The van der Waals surface area contributed by atoms with Crippen molar-refractivity contribution in [2.45, 2.75) is 45.4 Å². The number of ether oxygens (including phenoxy) is 2. The molecule has 4 bridgehead atoms. The van der Waals surface area contributed by atoms with Crippen molar-refractivity contribution in [3.05, 3.63) is 0 Å². The van der Waals surface area contributed by atoms with E-state index in [1.165, 1.54) is 45.4 Å². The molecule has 0 atom stereocenters. The molecule has 0 heterocycles. The molecular weight excluding hydrogens is 216 g/mol. The molecule has 3 heteroatoms. The molecule has 96 valence electrons. The number of carbonyl (C=O) groups excluding carboxylic acids is 1. The summed E-state index contributed by atoms with van der Waals surface area (Å²) in [6.45, 7) is 2.36. The summed E-state index contributed by atoms with van der Waals surface area (Å²) in [6, 6.07) is 0. The molecule has 17 heavy (non-hydrogen) atoms. The van der Waals surface area contributed by atoms with E-state index in [4.69, 9.17) is 9.47 Å². The van der Waals surface area contributed by atoms with E-state index < -0.39 is 0 Å². The number of rotatable bonds is 4. The van der Waals surface area contributed by atoms with E-state index in [2.05, 4.69) is 0 Å². The zero-order chi connectivity index (χ0) is 11.9. The molecule has 0 aromatic heterocycles. The molecule has 4 rings (SSSR count). The smallest absolute Gasteiger partial charge is 0.304 e. The van der Waals surface area contributed by atoms with Gasteiger partial charge in [-0.3, -0.25) is 4.79 Å². The molecule has 0 saturated heterocycles. The molecule has 0 spiro atoms. The number of hydrogen-bond acceptors (Lipinski definition) is 3. The fourth-order valence-electron chi connectivity index (χ4n) is 4.85. The van der Waals surface area contributed by atoms with Gasteiger partial charge in [0.05, 0.1) is 6.61 Å². The third kappa shape index (κ3) is 2.35. The van der Waals surface area contributed by atoms with Gasteiger partial charge < -0.3 is 9.47 Å². The highest BCUT2D eigenvalue weighted by Gasteiger charge is 2.50. The summed E-state index contributed by atoms with van der Waals surface area (Å²) in [5.74, 6) is 2.62. The van der Waals surface area contributed by atoms with Crippen molar-refractivity contribution in [2.24, 2.45) is 23.2 Å². The first kappa shape index (κ1) is 11.5. The molecular formula is C14H22O3. The summed E-state index contributed by atoms with van der Waals surface area (Å²) in [6.07, 6.45) is 8.42. The molecule has 4 saturated carbocycles. The predicted octanol–water partition coefficient (Wildman–Crippen LogP) is 2.74. The van der Waals surface area contributed by atoms with Gasteiger partial charge in [0, 0.05) is 6.92 Å². The van der Waals surface area contributed by atoms with Crippen LogP contribution in [0.15, 0.2) is 0 Å². The summed E-state index contributed by atoms with van der Waals surface area (Å²) in [4.78, 5) is 10.7. The van der Waals surface area contributed by atoms with Crippen LogP contribution in [0.4, 0.5) is 0 Å². The highest BCUT2D eigenvalue weighted by Crippen LogP contribution is 2.59. The van der Waals surface area contributed by atoms with Crippen molar-refractivity contribution >= 4 is 5.97 Å². The molecule has 4 fully saturated rings. The van der Waals surface area contributed by atoms with Gasteiger partial charge in [0.25, 0.3) is 0 Å². The Morgan fingerprint density at radius 1 is 1.12 bits per heavy atom. The Labute approximate surface area is 103 Å². The fourth-order valence-corrected chi connectivity index (χ4v) is 4.85. The Hall–Kier alpha value is -0.570. The lowest BCUT2D eigenvalue weighted by molar-refractivity contribution is -0.164. The molecule has 0 unspecified atom stereocenters. The minimum Gasteiger partial charge on any atom is -0.439 e. The third-order valence-electron chi connectivity index (χ3n) is 4.92. The van der Waals surface area contributed by atoms with E-state index in [1.54, 1.807) is 0 Å². The molecule has 4 aliphatic carbocycles. The standard InChI is InChI=1S/C14H22O3/c1-10(15)17-9-16-8-14-5-11-2-12(6-14)4-13(3-11)7-14/h11-13H,2-9H2,1H3. The van der Waals surface area contributed by atoms with Crippen molar-refractivity contribution in [2.75, 3.05) is 13.4 Å². The second kappa shape index (κ2) is 4.27. The minimum absolute atomic E-state index is 0.136. The van der Waals surface area contributed by atoms with Gasteiger partial charge in [-0.2, -0.15) is 0 Å². The van der Waals surface area contributed by atoms with Crippen LogP contribution in [0.25, 0.3) is 0 Å². The van der Waals surface area contributed by atoms with Crippen LogP contribution in [-0.4, -0.2) is 19.4 Å². The summed E-state index contributed by atoms with van der Waals surface area (Å²) < 4.78 is 10.4. The van der Waals surface area contributed by atoms with Crippen molar-refractivity contribution in [3.8, 4) is 0 Å². The lowest BCUT2D eigenvalue weighted by Gasteiger charge is -2.56. The van der Waals surface area contributed by atoms with Crippen LogP contribution in [0.3, 0.4) is 0 Å². The maximum absolute atomic E-state index is 10.7. The molecule has 0 aliphatic heterocycles. The van der Waals surface area contributed by atoms with Crippen LogP contribution in [0.1, 0.15) is 45.4 Å². The van der Waals surface area contributed by atoms with Gasteiger partial charge in [0.15, 0.2) is 6.79 Å². The van der Waals surface area contributed by atoms with Crippen LogP contribution < -0.4 is 0 Å². The quantitative estimate of drug-likeness (QED) is 0.429. The van der Waals surface area contributed by atoms with E-state index in [1.807, 2.05) is 0 Å². The topological polar surface area (TPSA) is 35.5 Å². The Balaban J connectivity index is 1.53. The SMILES string of the molecule is CC(=O)OCOCC12CC3CC(CC(C3)C1)C2.